The van der Waals surface area contributed by atoms with Crippen molar-refractivity contribution < 1.29 is 9.84 Å². The SMILES string of the molecule is CCCCCCCCCCCCCCC1=C(/C=C\O)O1. The molecule has 0 aromatic rings. The number of unbranched alkanes of at least 4 members (excludes halogenated alkanes) is 11. The fourth-order valence-corrected chi connectivity index (χ4v) is 2.60. The third-order valence-corrected chi connectivity index (χ3v) is 3.95. The first-order valence-corrected chi connectivity index (χ1v) is 8.60. The third kappa shape index (κ3) is 9.06. The number of aliphatic hydroxyl groups excluding tert-OH is 1. The van der Waals surface area contributed by atoms with Crippen molar-refractivity contribution >= 4 is 0 Å². The lowest BCUT2D eigenvalue weighted by atomic mass is 10.0. The topological polar surface area (TPSA) is 32.8 Å². The van der Waals surface area contributed by atoms with Crippen LogP contribution >= 0.6 is 0 Å². The van der Waals surface area contributed by atoms with Gasteiger partial charge in [0.2, 0.25) is 0 Å². The lowest BCUT2D eigenvalue weighted by Gasteiger charge is -2.02. The van der Waals surface area contributed by atoms with Gasteiger partial charge < -0.3 is 9.84 Å². The number of hydrogen-bond donors (Lipinski definition) is 1. The zero-order valence-corrected chi connectivity index (χ0v) is 13.2. The molecule has 1 rings (SSSR count). The summed E-state index contributed by atoms with van der Waals surface area (Å²) in [7, 11) is 0. The van der Waals surface area contributed by atoms with Crippen LogP contribution in [-0.2, 0) is 4.74 Å². The lowest BCUT2D eigenvalue weighted by Crippen LogP contribution is -1.82. The van der Waals surface area contributed by atoms with Crippen LogP contribution in [0.5, 0.6) is 0 Å². The lowest BCUT2D eigenvalue weighted by molar-refractivity contribution is 0.444. The minimum absolute atomic E-state index is 0.871. The summed E-state index contributed by atoms with van der Waals surface area (Å²) in [4.78, 5) is 0. The molecule has 1 heterocycles. The van der Waals surface area contributed by atoms with E-state index in [0.717, 1.165) is 24.2 Å². The van der Waals surface area contributed by atoms with Gasteiger partial charge in [0.25, 0.3) is 0 Å². The first-order valence-electron chi connectivity index (χ1n) is 8.60. The maximum absolute atomic E-state index is 8.57. The zero-order chi connectivity index (χ0) is 14.5. The van der Waals surface area contributed by atoms with Gasteiger partial charge in [-0.3, -0.25) is 0 Å². The Bertz CT molecular complexity index is 292. The maximum atomic E-state index is 8.57. The van der Waals surface area contributed by atoms with Crippen LogP contribution in [0.2, 0.25) is 0 Å². The third-order valence-electron chi connectivity index (χ3n) is 3.95. The molecule has 0 spiro atoms. The first kappa shape index (κ1) is 17.1. The highest BCUT2D eigenvalue weighted by Gasteiger charge is 2.20. The Balaban J connectivity index is 1.73. The molecule has 116 valence electrons. The molecule has 0 amide bonds. The van der Waals surface area contributed by atoms with Gasteiger partial charge in [-0.25, -0.2) is 0 Å². The molecular weight excluding hydrogens is 248 g/mol. The second-order valence-electron chi connectivity index (χ2n) is 5.84. The van der Waals surface area contributed by atoms with E-state index in [-0.39, 0.29) is 0 Å². The average Bonchev–Trinajstić information content (AvgIpc) is 3.19. The van der Waals surface area contributed by atoms with E-state index in [1.165, 1.54) is 77.0 Å². The highest BCUT2D eigenvalue weighted by atomic mass is 16.6. The van der Waals surface area contributed by atoms with Crippen LogP contribution in [0.1, 0.15) is 90.4 Å². The van der Waals surface area contributed by atoms with E-state index in [4.69, 9.17) is 9.84 Å². The summed E-state index contributed by atoms with van der Waals surface area (Å²) in [5.74, 6) is 1.94. The van der Waals surface area contributed by atoms with Crippen molar-refractivity contribution in [1.29, 1.82) is 0 Å². The van der Waals surface area contributed by atoms with Crippen LogP contribution in [0, 0.1) is 0 Å². The molecule has 0 fully saturated rings. The molecule has 0 saturated carbocycles. The van der Waals surface area contributed by atoms with Gasteiger partial charge in [-0.15, -0.1) is 0 Å². The minimum Gasteiger partial charge on any atom is -0.515 e. The van der Waals surface area contributed by atoms with Crippen molar-refractivity contribution in [1.82, 2.24) is 0 Å². The number of allylic oxidation sites excluding steroid dienone is 2. The largest absolute Gasteiger partial charge is 0.515 e. The maximum Gasteiger partial charge on any atom is 0.168 e. The summed E-state index contributed by atoms with van der Waals surface area (Å²) >= 11 is 0. The quantitative estimate of drug-likeness (QED) is 0.295. The van der Waals surface area contributed by atoms with Gasteiger partial charge in [0.05, 0.1) is 6.26 Å². The highest BCUT2D eigenvalue weighted by molar-refractivity contribution is 5.27. The highest BCUT2D eigenvalue weighted by Crippen LogP contribution is 2.31. The summed E-state index contributed by atoms with van der Waals surface area (Å²) in [6, 6.07) is 0. The van der Waals surface area contributed by atoms with Crippen LogP contribution in [0.15, 0.2) is 23.9 Å². The molecule has 1 aliphatic heterocycles. The fraction of sp³-hybridized carbons (Fsp3) is 0.778. The van der Waals surface area contributed by atoms with Crippen molar-refractivity contribution in [3.63, 3.8) is 0 Å². The second kappa shape index (κ2) is 11.9. The molecule has 1 N–H and O–H groups in total. The molecule has 0 aromatic carbocycles. The monoisotopic (exact) mass is 280 g/mol. The molecule has 0 atom stereocenters. The molecule has 2 heteroatoms. The van der Waals surface area contributed by atoms with Crippen LogP contribution < -0.4 is 0 Å². The Hall–Kier alpha value is -0.920. The van der Waals surface area contributed by atoms with E-state index in [0.29, 0.717) is 0 Å². The molecule has 0 unspecified atom stereocenters. The van der Waals surface area contributed by atoms with Gasteiger partial charge in [-0.2, -0.15) is 0 Å². The summed E-state index contributed by atoms with van der Waals surface area (Å²) < 4.78 is 5.24. The molecule has 0 bridgehead atoms. The number of aliphatic hydroxyl groups is 1. The number of rotatable bonds is 14. The van der Waals surface area contributed by atoms with Gasteiger partial charge in [-0.05, 0) is 6.42 Å². The van der Waals surface area contributed by atoms with E-state index >= 15 is 0 Å². The van der Waals surface area contributed by atoms with Gasteiger partial charge in [-0.1, -0.05) is 77.6 Å². The standard InChI is InChI=1S/C18H32O2/c1-2-3-4-5-6-7-8-9-10-11-12-13-14-17-18(20-17)15-16-19/h15-16,19H,2-14H2,1H3/b16-15-. The average molecular weight is 280 g/mol. The van der Waals surface area contributed by atoms with Crippen LogP contribution in [-0.4, -0.2) is 5.11 Å². The van der Waals surface area contributed by atoms with Crippen molar-refractivity contribution in [2.24, 2.45) is 0 Å². The predicted octanol–water partition coefficient (Wildman–Crippen LogP) is 6.39. The number of hydrogen-bond acceptors (Lipinski definition) is 2. The molecule has 1 aliphatic rings. The Labute approximate surface area is 124 Å². The molecule has 0 aliphatic carbocycles. The van der Waals surface area contributed by atoms with Crippen molar-refractivity contribution in [2.75, 3.05) is 0 Å². The summed E-state index contributed by atoms with van der Waals surface area (Å²) in [6.45, 7) is 2.27. The second-order valence-corrected chi connectivity index (χ2v) is 5.84. The summed E-state index contributed by atoms with van der Waals surface area (Å²) in [5, 5.41) is 8.57. The molecular formula is C18H32O2. The molecule has 0 aromatic heterocycles. The summed E-state index contributed by atoms with van der Waals surface area (Å²) in [5.41, 5.74) is 0. The Kier molecular flexibility index (Phi) is 10.2. The fourth-order valence-electron chi connectivity index (χ4n) is 2.60. The van der Waals surface area contributed by atoms with Gasteiger partial charge in [0.15, 0.2) is 5.76 Å². The van der Waals surface area contributed by atoms with Gasteiger partial charge in [0, 0.05) is 12.5 Å². The normalized spacial score (nSPS) is 14.1. The molecule has 0 radical (unpaired) electrons. The Morgan fingerprint density at radius 3 is 1.80 bits per heavy atom. The van der Waals surface area contributed by atoms with Crippen molar-refractivity contribution in [3.05, 3.63) is 23.9 Å². The zero-order valence-electron chi connectivity index (χ0n) is 13.2. The van der Waals surface area contributed by atoms with E-state index in [1.807, 2.05) is 0 Å². The van der Waals surface area contributed by atoms with E-state index < -0.39 is 0 Å². The van der Waals surface area contributed by atoms with Crippen LogP contribution in [0.25, 0.3) is 0 Å². The van der Waals surface area contributed by atoms with E-state index in [2.05, 4.69) is 6.92 Å². The van der Waals surface area contributed by atoms with Crippen molar-refractivity contribution in [3.8, 4) is 0 Å². The smallest absolute Gasteiger partial charge is 0.168 e. The Morgan fingerprint density at radius 1 is 0.800 bits per heavy atom. The molecule has 20 heavy (non-hydrogen) atoms. The van der Waals surface area contributed by atoms with Crippen LogP contribution in [0.3, 0.4) is 0 Å². The van der Waals surface area contributed by atoms with Crippen LogP contribution in [0.4, 0.5) is 0 Å². The molecule has 2 nitrogen and oxygen atoms in total. The van der Waals surface area contributed by atoms with E-state index in [1.54, 1.807) is 6.08 Å². The minimum atomic E-state index is 0.871. The van der Waals surface area contributed by atoms with E-state index in [9.17, 15) is 0 Å². The first-order chi connectivity index (χ1) is 9.88. The molecule has 0 saturated heterocycles. The predicted molar refractivity (Wildman–Crippen MR) is 85.6 cm³/mol. The van der Waals surface area contributed by atoms with Gasteiger partial charge in [0.1, 0.15) is 5.76 Å². The summed E-state index contributed by atoms with van der Waals surface area (Å²) in [6.07, 6.45) is 20.3. The Morgan fingerprint density at radius 2 is 1.30 bits per heavy atom. The number of ether oxygens (including phenoxy) is 1. The van der Waals surface area contributed by atoms with Crippen molar-refractivity contribution in [2.45, 2.75) is 90.4 Å². The van der Waals surface area contributed by atoms with Gasteiger partial charge >= 0.3 is 0 Å².